The largest absolute Gasteiger partial charge is 0.351 e. The molecule has 13 heavy (non-hydrogen) atoms. The molecule has 0 saturated heterocycles. The van der Waals surface area contributed by atoms with Crippen LogP contribution in [0.3, 0.4) is 0 Å². The fourth-order valence-corrected chi connectivity index (χ4v) is 2.07. The van der Waals surface area contributed by atoms with Gasteiger partial charge >= 0.3 is 0 Å². The lowest BCUT2D eigenvalue weighted by molar-refractivity contribution is 0.842. The zero-order valence-electron chi connectivity index (χ0n) is 8.67. The van der Waals surface area contributed by atoms with Crippen molar-refractivity contribution < 1.29 is 0 Å². The maximum absolute atomic E-state index is 2.38. The molecule has 1 aliphatic carbocycles. The highest BCUT2D eigenvalue weighted by molar-refractivity contribution is 5.40. The standard InChI is InChI=1S/C12H17N/c1-9(2)11-8-13(3)12-7-5-4-6-10(11)12/h6-9H,4-5H2,1-3H3. The van der Waals surface area contributed by atoms with Crippen LogP contribution < -0.4 is 10.6 Å². The summed E-state index contributed by atoms with van der Waals surface area (Å²) in [7, 11) is 2.14. The second kappa shape index (κ2) is 3.06. The van der Waals surface area contributed by atoms with Gasteiger partial charge in [-0.3, -0.25) is 0 Å². The molecule has 0 radical (unpaired) electrons. The lowest BCUT2D eigenvalue weighted by atomic mass is 10.0. The highest BCUT2D eigenvalue weighted by atomic mass is 14.9. The van der Waals surface area contributed by atoms with Crippen molar-refractivity contribution in [1.82, 2.24) is 4.57 Å². The minimum absolute atomic E-state index is 0.637. The summed E-state index contributed by atoms with van der Waals surface area (Å²) < 4.78 is 2.25. The van der Waals surface area contributed by atoms with Crippen LogP contribution in [-0.4, -0.2) is 4.57 Å². The Morgan fingerprint density at radius 3 is 2.62 bits per heavy atom. The summed E-state index contributed by atoms with van der Waals surface area (Å²) >= 11 is 0. The number of fused-ring (bicyclic) bond motifs is 1. The molecule has 1 heterocycles. The van der Waals surface area contributed by atoms with Gasteiger partial charge in [0.25, 0.3) is 0 Å². The van der Waals surface area contributed by atoms with Crippen LogP contribution in [0.1, 0.15) is 38.2 Å². The smallest absolute Gasteiger partial charge is 0.0436 e. The quantitative estimate of drug-likeness (QED) is 0.609. The summed E-state index contributed by atoms with van der Waals surface area (Å²) in [6.45, 7) is 4.52. The van der Waals surface area contributed by atoms with Crippen molar-refractivity contribution in [3.63, 3.8) is 0 Å². The van der Waals surface area contributed by atoms with Gasteiger partial charge in [0.15, 0.2) is 0 Å². The number of hydrogen-bond acceptors (Lipinski definition) is 0. The van der Waals surface area contributed by atoms with Crippen molar-refractivity contribution in [3.8, 4) is 0 Å². The molecule has 0 atom stereocenters. The molecule has 0 bridgehead atoms. The van der Waals surface area contributed by atoms with Gasteiger partial charge in [0.2, 0.25) is 0 Å². The first kappa shape index (κ1) is 8.61. The van der Waals surface area contributed by atoms with Crippen LogP contribution >= 0.6 is 0 Å². The molecule has 2 rings (SSSR count). The van der Waals surface area contributed by atoms with Crippen LogP contribution in [0, 0.1) is 0 Å². The third-order valence-electron chi connectivity index (χ3n) is 2.77. The maximum atomic E-state index is 2.38. The number of hydrogen-bond donors (Lipinski definition) is 0. The molecule has 70 valence electrons. The van der Waals surface area contributed by atoms with Crippen molar-refractivity contribution >= 4 is 12.2 Å². The van der Waals surface area contributed by atoms with E-state index >= 15 is 0 Å². The SMILES string of the molecule is CC(C)c1cn(C)c2c1=CCCC=2. The van der Waals surface area contributed by atoms with Gasteiger partial charge in [0.1, 0.15) is 0 Å². The average molecular weight is 175 g/mol. The van der Waals surface area contributed by atoms with Gasteiger partial charge in [-0.05, 0) is 29.5 Å². The Hall–Kier alpha value is -0.980. The summed E-state index contributed by atoms with van der Waals surface area (Å²) in [5, 5.41) is 2.89. The molecule has 0 unspecified atom stereocenters. The fraction of sp³-hybridized carbons (Fsp3) is 0.500. The molecule has 1 heteroatoms. The molecule has 0 spiro atoms. The highest BCUT2D eigenvalue weighted by Crippen LogP contribution is 2.09. The van der Waals surface area contributed by atoms with Gasteiger partial charge < -0.3 is 4.57 Å². The summed E-state index contributed by atoms with van der Waals surface area (Å²) in [6.07, 6.45) is 9.40. The Labute approximate surface area is 79.4 Å². The van der Waals surface area contributed by atoms with E-state index in [1.807, 2.05) is 0 Å². The molecule has 0 aliphatic heterocycles. The molecule has 0 amide bonds. The molecular formula is C12H17N. The summed E-state index contributed by atoms with van der Waals surface area (Å²) in [5.41, 5.74) is 1.49. The predicted octanol–water partition coefficient (Wildman–Crippen LogP) is 1.50. The lowest BCUT2D eigenvalue weighted by Gasteiger charge is -2.01. The average Bonchev–Trinajstić information content (AvgIpc) is 2.45. The third-order valence-corrected chi connectivity index (χ3v) is 2.77. The molecule has 1 nitrogen and oxygen atoms in total. The van der Waals surface area contributed by atoms with Gasteiger partial charge in [0.05, 0.1) is 0 Å². The van der Waals surface area contributed by atoms with Crippen LogP contribution in [0.15, 0.2) is 6.20 Å². The predicted molar refractivity (Wildman–Crippen MR) is 56.9 cm³/mol. The monoisotopic (exact) mass is 175 g/mol. The molecule has 0 fully saturated rings. The zero-order chi connectivity index (χ0) is 9.42. The lowest BCUT2D eigenvalue weighted by Crippen LogP contribution is -2.31. The van der Waals surface area contributed by atoms with Crippen LogP contribution in [0.2, 0.25) is 0 Å². The van der Waals surface area contributed by atoms with E-state index in [9.17, 15) is 0 Å². The Bertz CT molecular complexity index is 421. The van der Waals surface area contributed by atoms with E-state index in [4.69, 9.17) is 0 Å². The minimum Gasteiger partial charge on any atom is -0.351 e. The first-order chi connectivity index (χ1) is 6.20. The number of aryl methyl sites for hydroxylation is 1. The van der Waals surface area contributed by atoms with Gasteiger partial charge in [-0.15, -0.1) is 0 Å². The maximum Gasteiger partial charge on any atom is 0.0436 e. The second-order valence-corrected chi connectivity index (χ2v) is 4.13. The molecule has 0 N–H and O–H groups in total. The Kier molecular flexibility index (Phi) is 2.03. The summed E-state index contributed by atoms with van der Waals surface area (Å²) in [5.74, 6) is 0.637. The van der Waals surface area contributed by atoms with E-state index in [1.165, 1.54) is 29.0 Å². The first-order valence-corrected chi connectivity index (χ1v) is 5.05. The van der Waals surface area contributed by atoms with E-state index in [0.717, 1.165) is 0 Å². The molecular weight excluding hydrogens is 158 g/mol. The topological polar surface area (TPSA) is 4.93 Å². The van der Waals surface area contributed by atoms with Crippen molar-refractivity contribution in [2.75, 3.05) is 0 Å². The highest BCUT2D eigenvalue weighted by Gasteiger charge is 2.07. The molecule has 0 aromatic carbocycles. The molecule has 1 aromatic rings. The Morgan fingerprint density at radius 2 is 1.92 bits per heavy atom. The van der Waals surface area contributed by atoms with E-state index in [2.05, 4.69) is 43.8 Å². The fourth-order valence-electron chi connectivity index (χ4n) is 2.07. The number of rotatable bonds is 1. The van der Waals surface area contributed by atoms with E-state index in [1.54, 1.807) is 0 Å². The summed E-state index contributed by atoms with van der Waals surface area (Å²) in [6, 6.07) is 0. The molecule has 1 aromatic heterocycles. The van der Waals surface area contributed by atoms with Crippen LogP contribution in [0.5, 0.6) is 0 Å². The zero-order valence-corrected chi connectivity index (χ0v) is 8.67. The van der Waals surface area contributed by atoms with Crippen molar-refractivity contribution in [2.45, 2.75) is 32.6 Å². The third kappa shape index (κ3) is 1.32. The normalized spacial score (nSPS) is 15.1. The van der Waals surface area contributed by atoms with Crippen LogP contribution in [-0.2, 0) is 7.05 Å². The van der Waals surface area contributed by atoms with Gasteiger partial charge in [-0.1, -0.05) is 26.0 Å². The first-order valence-electron chi connectivity index (χ1n) is 5.05. The second-order valence-electron chi connectivity index (χ2n) is 4.13. The van der Waals surface area contributed by atoms with E-state index in [0.29, 0.717) is 5.92 Å². The van der Waals surface area contributed by atoms with Gasteiger partial charge in [-0.25, -0.2) is 0 Å². The number of nitrogens with zero attached hydrogens (tertiary/aromatic N) is 1. The van der Waals surface area contributed by atoms with Crippen LogP contribution in [0.4, 0.5) is 0 Å². The molecule has 0 saturated carbocycles. The van der Waals surface area contributed by atoms with E-state index in [-0.39, 0.29) is 0 Å². The Morgan fingerprint density at radius 1 is 1.23 bits per heavy atom. The van der Waals surface area contributed by atoms with Crippen molar-refractivity contribution in [3.05, 3.63) is 22.3 Å². The van der Waals surface area contributed by atoms with Gasteiger partial charge in [-0.2, -0.15) is 0 Å². The molecule has 1 aliphatic rings. The minimum atomic E-state index is 0.637. The van der Waals surface area contributed by atoms with Gasteiger partial charge in [0, 0.05) is 18.6 Å². The summed E-state index contributed by atoms with van der Waals surface area (Å²) in [4.78, 5) is 0. The van der Waals surface area contributed by atoms with E-state index < -0.39 is 0 Å². The van der Waals surface area contributed by atoms with Crippen molar-refractivity contribution in [2.24, 2.45) is 7.05 Å². The van der Waals surface area contributed by atoms with Crippen LogP contribution in [0.25, 0.3) is 12.2 Å². The van der Waals surface area contributed by atoms with Crippen molar-refractivity contribution in [1.29, 1.82) is 0 Å². The Balaban J connectivity index is 2.76. The number of aromatic nitrogens is 1.